The molecule has 1 aliphatic heterocycles. The summed E-state index contributed by atoms with van der Waals surface area (Å²) in [5, 5.41) is 11.2. The number of esters is 1. The van der Waals surface area contributed by atoms with Crippen LogP contribution >= 0.6 is 0 Å². The lowest BCUT2D eigenvalue weighted by atomic mass is 9.84. The number of cyclic esters (lactones) is 1. The van der Waals surface area contributed by atoms with Gasteiger partial charge in [0.15, 0.2) is 6.10 Å². The predicted octanol–water partition coefficient (Wildman–Crippen LogP) is 5.37. The summed E-state index contributed by atoms with van der Waals surface area (Å²) in [5.41, 5.74) is 1.96. The zero-order valence-electron chi connectivity index (χ0n) is 17.8. The Bertz CT molecular complexity index is 885. The highest BCUT2D eigenvalue weighted by atomic mass is 16.6. The van der Waals surface area contributed by atoms with Crippen molar-refractivity contribution in [1.82, 2.24) is 0 Å². The molecule has 4 rings (SSSR count). The Labute approximate surface area is 183 Å². The first kappa shape index (κ1) is 21.4. The first-order valence-electron chi connectivity index (χ1n) is 11.4. The molecule has 0 bridgehead atoms. The maximum atomic E-state index is 13.1. The average molecular weight is 419 g/mol. The molecule has 1 heterocycles. The van der Waals surface area contributed by atoms with Crippen LogP contribution in [0.25, 0.3) is 0 Å². The lowest BCUT2D eigenvalue weighted by Crippen LogP contribution is -2.23. The van der Waals surface area contributed by atoms with Gasteiger partial charge in [-0.1, -0.05) is 92.8 Å². The summed E-state index contributed by atoms with van der Waals surface area (Å²) in [7, 11) is 0. The lowest BCUT2D eigenvalue weighted by molar-refractivity contribution is -0.141. The normalized spacial score (nSPS) is 21.4. The molecule has 0 aromatic heterocycles. The fraction of sp³-hybridized carbons (Fsp3) is 0.407. The number of carbonyl (C=O) groups is 2. The van der Waals surface area contributed by atoms with Gasteiger partial charge in [0.25, 0.3) is 0 Å². The Kier molecular flexibility index (Phi) is 6.86. The van der Waals surface area contributed by atoms with Crippen LogP contribution in [-0.4, -0.2) is 23.0 Å². The summed E-state index contributed by atoms with van der Waals surface area (Å²) in [5.74, 6) is -1.10. The van der Waals surface area contributed by atoms with E-state index in [2.05, 4.69) is 0 Å². The van der Waals surface area contributed by atoms with Crippen molar-refractivity contribution >= 4 is 11.8 Å². The van der Waals surface area contributed by atoms with Crippen molar-refractivity contribution in [3.8, 4) is 0 Å². The van der Waals surface area contributed by atoms with E-state index in [1.54, 1.807) is 0 Å². The highest BCUT2D eigenvalue weighted by molar-refractivity contribution is 6.23. The zero-order valence-corrected chi connectivity index (χ0v) is 17.8. The van der Waals surface area contributed by atoms with Crippen LogP contribution in [0.4, 0.5) is 0 Å². The highest BCUT2D eigenvalue weighted by Gasteiger charge is 2.43. The predicted molar refractivity (Wildman–Crippen MR) is 120 cm³/mol. The molecule has 1 unspecified atom stereocenters. The smallest absolute Gasteiger partial charge is 0.346 e. The van der Waals surface area contributed by atoms with Gasteiger partial charge in [0, 0.05) is 5.92 Å². The van der Waals surface area contributed by atoms with Crippen molar-refractivity contribution < 1.29 is 19.4 Å². The van der Waals surface area contributed by atoms with Crippen molar-refractivity contribution in [2.75, 3.05) is 0 Å². The molecular formula is C27H30O4. The Morgan fingerprint density at radius 3 is 1.97 bits per heavy atom. The zero-order chi connectivity index (χ0) is 21.6. The number of hydrogen-bond donors (Lipinski definition) is 1. The van der Waals surface area contributed by atoms with Crippen LogP contribution in [-0.2, 0) is 27.2 Å². The van der Waals surface area contributed by atoms with Gasteiger partial charge >= 0.3 is 5.97 Å². The van der Waals surface area contributed by atoms with Crippen molar-refractivity contribution in [3.05, 3.63) is 83.1 Å². The van der Waals surface area contributed by atoms with Gasteiger partial charge < -0.3 is 9.84 Å². The lowest BCUT2D eigenvalue weighted by Gasteiger charge is -2.22. The van der Waals surface area contributed by atoms with E-state index in [4.69, 9.17) is 4.74 Å². The minimum Gasteiger partial charge on any atom is -0.511 e. The molecular weight excluding hydrogens is 388 g/mol. The first-order chi connectivity index (χ1) is 15.1. The third kappa shape index (κ3) is 5.25. The van der Waals surface area contributed by atoms with Gasteiger partial charge in [-0.25, -0.2) is 4.79 Å². The van der Waals surface area contributed by atoms with E-state index < -0.39 is 12.1 Å². The van der Waals surface area contributed by atoms with E-state index >= 15 is 0 Å². The number of aliphatic hydroxyl groups is 1. The number of rotatable bonds is 7. The van der Waals surface area contributed by atoms with Gasteiger partial charge in [-0.2, -0.15) is 0 Å². The first-order valence-corrected chi connectivity index (χ1v) is 11.4. The van der Waals surface area contributed by atoms with Crippen molar-refractivity contribution in [3.63, 3.8) is 0 Å². The van der Waals surface area contributed by atoms with Crippen LogP contribution in [0.5, 0.6) is 0 Å². The van der Waals surface area contributed by atoms with E-state index in [1.807, 2.05) is 60.7 Å². The second-order valence-corrected chi connectivity index (χ2v) is 8.83. The second-order valence-electron chi connectivity index (χ2n) is 8.83. The van der Waals surface area contributed by atoms with Crippen molar-refractivity contribution in [1.29, 1.82) is 0 Å². The molecule has 0 spiro atoms. The summed E-state index contributed by atoms with van der Waals surface area (Å²) in [6, 6.07) is 19.7. The summed E-state index contributed by atoms with van der Waals surface area (Å²) >= 11 is 0. The maximum Gasteiger partial charge on any atom is 0.346 e. The van der Waals surface area contributed by atoms with Gasteiger partial charge in [-0.15, -0.1) is 0 Å². The van der Waals surface area contributed by atoms with Crippen LogP contribution in [0.3, 0.4) is 0 Å². The largest absolute Gasteiger partial charge is 0.511 e. The Hall–Kier alpha value is -2.88. The molecule has 162 valence electrons. The van der Waals surface area contributed by atoms with E-state index in [-0.39, 0.29) is 23.0 Å². The van der Waals surface area contributed by atoms with Crippen molar-refractivity contribution in [2.45, 2.75) is 57.5 Å². The number of hydrogen-bond acceptors (Lipinski definition) is 4. The summed E-state index contributed by atoms with van der Waals surface area (Å²) in [6.07, 6.45) is 6.64. The number of aliphatic hydroxyl groups excluding tert-OH is 1. The molecule has 2 aromatic rings. The molecule has 0 radical (unpaired) electrons. The molecule has 1 aliphatic carbocycles. The summed E-state index contributed by atoms with van der Waals surface area (Å²) in [4.78, 5) is 25.7. The van der Waals surface area contributed by atoms with Crippen LogP contribution in [0.2, 0.25) is 0 Å². The number of Topliss-reactive ketones (excluding diaryl/α,β-unsaturated/α-hetero) is 1. The average Bonchev–Trinajstić information content (AvgIpc) is 3.07. The molecule has 1 atom stereocenters. The van der Waals surface area contributed by atoms with Crippen molar-refractivity contribution in [2.24, 2.45) is 11.8 Å². The van der Waals surface area contributed by atoms with E-state index in [0.717, 1.165) is 24.0 Å². The van der Waals surface area contributed by atoms with E-state index in [9.17, 15) is 14.7 Å². The molecule has 0 amide bonds. The molecule has 1 saturated heterocycles. The molecule has 1 N–H and O–H groups in total. The number of ketones is 1. The number of ether oxygens (including phenoxy) is 1. The standard InChI is InChI=1S/C27H30O4/c28-25(24-26(29)23(31-27(24)30)18-21-14-8-3-9-15-21)22(16-19-10-4-1-5-11-19)17-20-12-6-2-7-13-20/h1-2,4-7,10-13,21-23,28H,3,8-9,14-18H2/b25-24+. The fourth-order valence-corrected chi connectivity index (χ4v) is 4.88. The minimum absolute atomic E-state index is 0.131. The Morgan fingerprint density at radius 1 is 0.871 bits per heavy atom. The Balaban J connectivity index is 1.58. The topological polar surface area (TPSA) is 63.6 Å². The molecule has 2 aliphatic rings. The van der Waals surface area contributed by atoms with Gasteiger partial charge in [0.2, 0.25) is 5.78 Å². The van der Waals surface area contributed by atoms with E-state index in [0.29, 0.717) is 25.2 Å². The van der Waals surface area contributed by atoms with Gasteiger partial charge in [-0.05, 0) is 36.3 Å². The van der Waals surface area contributed by atoms with Crippen LogP contribution in [0.1, 0.15) is 49.7 Å². The molecule has 4 heteroatoms. The van der Waals surface area contributed by atoms with Crippen LogP contribution in [0.15, 0.2) is 72.0 Å². The monoisotopic (exact) mass is 418 g/mol. The second kappa shape index (κ2) is 9.95. The summed E-state index contributed by atoms with van der Waals surface area (Å²) < 4.78 is 5.45. The third-order valence-electron chi connectivity index (χ3n) is 6.56. The summed E-state index contributed by atoms with van der Waals surface area (Å²) in [6.45, 7) is 0. The molecule has 1 saturated carbocycles. The third-order valence-corrected chi connectivity index (χ3v) is 6.56. The molecule has 2 aromatic carbocycles. The fourth-order valence-electron chi connectivity index (χ4n) is 4.88. The quantitative estimate of drug-likeness (QED) is 0.284. The number of benzene rings is 2. The molecule has 31 heavy (non-hydrogen) atoms. The highest BCUT2D eigenvalue weighted by Crippen LogP contribution is 2.33. The molecule has 4 nitrogen and oxygen atoms in total. The minimum atomic E-state index is -0.748. The number of allylic oxidation sites excluding steroid dienone is 1. The molecule has 2 fully saturated rings. The van der Waals surface area contributed by atoms with Gasteiger partial charge in [0.05, 0.1) is 0 Å². The Morgan fingerprint density at radius 2 is 1.42 bits per heavy atom. The number of carbonyl (C=O) groups excluding carboxylic acids is 2. The van der Waals surface area contributed by atoms with Gasteiger partial charge in [-0.3, -0.25) is 4.79 Å². The van der Waals surface area contributed by atoms with Crippen LogP contribution < -0.4 is 0 Å². The maximum absolute atomic E-state index is 13.1. The van der Waals surface area contributed by atoms with Gasteiger partial charge in [0.1, 0.15) is 11.3 Å². The SMILES string of the molecule is O=C1OC(CC2CCCCC2)C(=O)/C1=C(\O)C(Cc1ccccc1)Cc1ccccc1. The van der Waals surface area contributed by atoms with Crippen LogP contribution in [0, 0.1) is 11.8 Å². The van der Waals surface area contributed by atoms with E-state index in [1.165, 1.54) is 19.3 Å².